The van der Waals surface area contributed by atoms with Crippen LogP contribution in [0.3, 0.4) is 0 Å². The van der Waals surface area contributed by atoms with E-state index in [1.165, 1.54) is 0 Å². The van der Waals surface area contributed by atoms with Gasteiger partial charge in [0.05, 0.1) is 19.2 Å². The number of aliphatic carboxylic acids is 1. The van der Waals surface area contributed by atoms with Gasteiger partial charge in [-0.25, -0.2) is 0 Å². The van der Waals surface area contributed by atoms with Crippen molar-refractivity contribution in [2.75, 3.05) is 25.1 Å². The van der Waals surface area contributed by atoms with Crippen molar-refractivity contribution in [3.05, 3.63) is 24.2 Å². The van der Waals surface area contributed by atoms with Gasteiger partial charge in [0.25, 0.3) is 0 Å². The zero-order chi connectivity index (χ0) is 12.5. The zero-order valence-corrected chi connectivity index (χ0v) is 10.9. The van der Waals surface area contributed by atoms with Gasteiger partial charge < -0.3 is 9.52 Å². The number of carboxylic acid groups (broad SMARTS) is 1. The average molecular weight is 257 g/mol. The Kier molecular flexibility index (Phi) is 6.81. The van der Waals surface area contributed by atoms with Gasteiger partial charge in [-0.1, -0.05) is 0 Å². The molecule has 4 nitrogen and oxygen atoms in total. The number of hydrogen-bond acceptors (Lipinski definition) is 4. The maximum atomic E-state index is 10.6. The Bertz CT molecular complexity index is 314. The van der Waals surface area contributed by atoms with E-state index >= 15 is 0 Å². The van der Waals surface area contributed by atoms with Crippen molar-refractivity contribution in [1.82, 2.24) is 4.90 Å². The van der Waals surface area contributed by atoms with Gasteiger partial charge in [0, 0.05) is 6.54 Å². The maximum Gasteiger partial charge on any atom is 0.304 e. The third kappa shape index (κ3) is 6.38. The predicted octanol–water partition coefficient (Wildman–Crippen LogP) is 2.31. The topological polar surface area (TPSA) is 53.7 Å². The molecule has 1 aromatic rings. The van der Waals surface area contributed by atoms with E-state index in [1.54, 1.807) is 6.26 Å². The molecule has 0 aliphatic carbocycles. The summed E-state index contributed by atoms with van der Waals surface area (Å²) < 4.78 is 5.28. The van der Waals surface area contributed by atoms with Crippen LogP contribution in [0.1, 0.15) is 18.6 Å². The van der Waals surface area contributed by atoms with Crippen LogP contribution in [0.2, 0.25) is 0 Å². The molecule has 0 bridgehead atoms. The van der Waals surface area contributed by atoms with Crippen molar-refractivity contribution in [3.63, 3.8) is 0 Å². The smallest absolute Gasteiger partial charge is 0.304 e. The first-order valence-electron chi connectivity index (χ1n) is 5.68. The van der Waals surface area contributed by atoms with E-state index in [4.69, 9.17) is 9.52 Å². The summed E-state index contributed by atoms with van der Waals surface area (Å²) >= 11 is 1.81. The van der Waals surface area contributed by atoms with Crippen LogP contribution in [0.15, 0.2) is 22.8 Å². The minimum Gasteiger partial charge on any atom is -0.481 e. The van der Waals surface area contributed by atoms with Crippen molar-refractivity contribution in [1.29, 1.82) is 0 Å². The molecule has 1 heterocycles. The van der Waals surface area contributed by atoms with E-state index in [2.05, 4.69) is 11.2 Å². The second-order valence-electron chi connectivity index (χ2n) is 3.85. The molecule has 0 saturated heterocycles. The number of furan rings is 1. The highest BCUT2D eigenvalue weighted by Crippen LogP contribution is 2.08. The molecular weight excluding hydrogens is 238 g/mol. The van der Waals surface area contributed by atoms with Gasteiger partial charge in [-0.05, 0) is 37.1 Å². The molecule has 0 aliphatic heterocycles. The van der Waals surface area contributed by atoms with Crippen molar-refractivity contribution in [2.45, 2.75) is 19.4 Å². The molecule has 5 heteroatoms. The van der Waals surface area contributed by atoms with Gasteiger partial charge in [-0.2, -0.15) is 11.8 Å². The molecule has 0 spiro atoms. The molecule has 0 amide bonds. The quantitative estimate of drug-likeness (QED) is 0.688. The molecule has 17 heavy (non-hydrogen) atoms. The molecular formula is C12H19NO3S. The minimum atomic E-state index is -0.751. The molecule has 0 aliphatic rings. The monoisotopic (exact) mass is 257 g/mol. The van der Waals surface area contributed by atoms with Gasteiger partial charge in [-0.3, -0.25) is 9.69 Å². The lowest BCUT2D eigenvalue weighted by Gasteiger charge is -2.19. The van der Waals surface area contributed by atoms with Crippen LogP contribution in [0.25, 0.3) is 0 Å². The summed E-state index contributed by atoms with van der Waals surface area (Å²) in [6.07, 6.45) is 4.97. The number of hydrogen-bond donors (Lipinski definition) is 1. The summed E-state index contributed by atoms with van der Waals surface area (Å²) in [5.74, 6) is 1.24. The maximum absolute atomic E-state index is 10.6. The lowest BCUT2D eigenvalue weighted by Crippen LogP contribution is -2.27. The largest absolute Gasteiger partial charge is 0.481 e. The summed E-state index contributed by atoms with van der Waals surface area (Å²) in [7, 11) is 0. The average Bonchev–Trinajstić information content (AvgIpc) is 2.78. The predicted molar refractivity (Wildman–Crippen MR) is 69.2 cm³/mol. The van der Waals surface area contributed by atoms with Crippen molar-refractivity contribution in [3.8, 4) is 0 Å². The van der Waals surface area contributed by atoms with E-state index < -0.39 is 5.97 Å². The molecule has 0 unspecified atom stereocenters. The normalized spacial score (nSPS) is 10.9. The molecule has 1 N–H and O–H groups in total. The van der Waals surface area contributed by atoms with Crippen LogP contribution < -0.4 is 0 Å². The standard InChI is InChI=1S/C12H19NO3S/c1-17-9-3-6-13(7-5-12(14)15)10-11-4-2-8-16-11/h2,4,8H,3,5-7,9-10H2,1H3,(H,14,15). The first kappa shape index (κ1) is 14.1. The fraction of sp³-hybridized carbons (Fsp3) is 0.583. The Labute approximate surface area is 106 Å². The Hall–Kier alpha value is -0.940. The van der Waals surface area contributed by atoms with Gasteiger partial charge in [-0.15, -0.1) is 0 Å². The van der Waals surface area contributed by atoms with E-state index in [1.807, 2.05) is 23.9 Å². The van der Waals surface area contributed by atoms with Gasteiger partial charge >= 0.3 is 5.97 Å². The number of carbonyl (C=O) groups is 1. The van der Waals surface area contributed by atoms with Crippen LogP contribution in [-0.4, -0.2) is 41.1 Å². The zero-order valence-electron chi connectivity index (χ0n) is 10.1. The molecule has 1 aromatic heterocycles. The molecule has 1 rings (SSSR count). The Morgan fingerprint density at radius 2 is 2.35 bits per heavy atom. The molecule has 0 fully saturated rings. The summed E-state index contributed by atoms with van der Waals surface area (Å²) in [6, 6.07) is 3.77. The second kappa shape index (κ2) is 8.20. The van der Waals surface area contributed by atoms with Crippen LogP contribution in [0.4, 0.5) is 0 Å². The Balaban J connectivity index is 2.37. The van der Waals surface area contributed by atoms with E-state index in [0.29, 0.717) is 13.1 Å². The van der Waals surface area contributed by atoms with Crippen LogP contribution >= 0.6 is 11.8 Å². The number of thioether (sulfide) groups is 1. The van der Waals surface area contributed by atoms with E-state index in [9.17, 15) is 4.79 Å². The van der Waals surface area contributed by atoms with Crippen LogP contribution in [-0.2, 0) is 11.3 Å². The summed E-state index contributed by atoms with van der Waals surface area (Å²) in [4.78, 5) is 12.7. The van der Waals surface area contributed by atoms with Crippen LogP contribution in [0.5, 0.6) is 0 Å². The molecule has 0 saturated carbocycles. The molecule has 0 atom stereocenters. The van der Waals surface area contributed by atoms with E-state index in [-0.39, 0.29) is 6.42 Å². The third-order valence-corrected chi connectivity index (χ3v) is 3.12. The molecule has 96 valence electrons. The second-order valence-corrected chi connectivity index (χ2v) is 4.83. The molecule has 0 aromatic carbocycles. The minimum absolute atomic E-state index is 0.181. The Morgan fingerprint density at radius 3 is 2.94 bits per heavy atom. The fourth-order valence-corrected chi connectivity index (χ4v) is 2.00. The van der Waals surface area contributed by atoms with E-state index in [0.717, 1.165) is 24.5 Å². The van der Waals surface area contributed by atoms with Crippen LogP contribution in [0, 0.1) is 0 Å². The summed E-state index contributed by atoms with van der Waals surface area (Å²) in [5, 5.41) is 8.71. The number of carboxylic acids is 1. The highest BCUT2D eigenvalue weighted by atomic mass is 32.2. The highest BCUT2D eigenvalue weighted by molar-refractivity contribution is 7.98. The van der Waals surface area contributed by atoms with Crippen molar-refractivity contribution >= 4 is 17.7 Å². The summed E-state index contributed by atoms with van der Waals surface area (Å²) in [6.45, 7) is 2.17. The van der Waals surface area contributed by atoms with Crippen molar-refractivity contribution in [2.24, 2.45) is 0 Å². The third-order valence-electron chi connectivity index (χ3n) is 2.42. The van der Waals surface area contributed by atoms with Gasteiger partial charge in [0.1, 0.15) is 5.76 Å². The lowest BCUT2D eigenvalue weighted by atomic mass is 10.3. The van der Waals surface area contributed by atoms with Gasteiger partial charge in [0.2, 0.25) is 0 Å². The lowest BCUT2D eigenvalue weighted by molar-refractivity contribution is -0.137. The fourth-order valence-electron chi connectivity index (χ4n) is 1.58. The highest BCUT2D eigenvalue weighted by Gasteiger charge is 2.09. The summed E-state index contributed by atoms with van der Waals surface area (Å²) in [5.41, 5.74) is 0. The first-order chi connectivity index (χ1) is 8.22. The number of rotatable bonds is 9. The first-order valence-corrected chi connectivity index (χ1v) is 7.07. The SMILES string of the molecule is CSCCCN(CCC(=O)O)Cc1ccco1. The Morgan fingerprint density at radius 1 is 1.53 bits per heavy atom. The van der Waals surface area contributed by atoms with Gasteiger partial charge in [0.15, 0.2) is 0 Å². The van der Waals surface area contributed by atoms with Crippen molar-refractivity contribution < 1.29 is 14.3 Å². The number of nitrogens with zero attached hydrogens (tertiary/aromatic N) is 1. The molecule has 0 radical (unpaired) electrons.